The lowest BCUT2D eigenvalue weighted by atomic mass is 10.1. The molecule has 4 aromatic carbocycles. The molecule has 0 aliphatic carbocycles. The van der Waals surface area contributed by atoms with Crippen molar-refractivity contribution in [1.82, 2.24) is 30.4 Å². The molecule has 4 amide bonds. The van der Waals surface area contributed by atoms with Crippen LogP contribution in [0.4, 0.5) is 11.4 Å². The molecule has 6 aromatic rings. The summed E-state index contributed by atoms with van der Waals surface area (Å²) in [6.07, 6.45) is 2.66. The zero-order valence-corrected chi connectivity index (χ0v) is 39.3. The number of carbonyl (C=O) groups is 4. The molecule has 2 N–H and O–H groups in total. The van der Waals surface area contributed by atoms with Gasteiger partial charge in [-0.3, -0.25) is 29.0 Å². The van der Waals surface area contributed by atoms with Crippen molar-refractivity contribution in [3.05, 3.63) is 155 Å². The van der Waals surface area contributed by atoms with E-state index in [9.17, 15) is 19.2 Å². The maximum Gasteiger partial charge on any atom is 0.307 e. The van der Waals surface area contributed by atoms with Gasteiger partial charge in [0.15, 0.2) is 0 Å². The van der Waals surface area contributed by atoms with Crippen LogP contribution in [0.15, 0.2) is 118 Å². The molecule has 70 heavy (non-hydrogen) atoms. The van der Waals surface area contributed by atoms with Crippen LogP contribution in [-0.4, -0.2) is 121 Å². The number of nitrogens with zero attached hydrogens (tertiary/aromatic N) is 6. The lowest BCUT2D eigenvalue weighted by molar-refractivity contribution is -0.122. The monoisotopic (exact) mass is 940 g/mol. The van der Waals surface area contributed by atoms with E-state index in [-0.39, 0.29) is 23.6 Å². The Labute approximate surface area is 405 Å². The number of anilines is 2. The summed E-state index contributed by atoms with van der Waals surface area (Å²) >= 11 is 0. The molecule has 16 nitrogen and oxygen atoms in total. The Bertz CT molecular complexity index is 2810. The zero-order valence-electron chi connectivity index (χ0n) is 39.3. The fourth-order valence-corrected chi connectivity index (χ4v) is 8.47. The molecule has 9 rings (SSSR count). The van der Waals surface area contributed by atoms with Crippen LogP contribution >= 0.6 is 0 Å². The van der Waals surface area contributed by atoms with Gasteiger partial charge in [0.1, 0.15) is 47.3 Å². The molecular weight excluding hydrogens is 889 g/mol. The summed E-state index contributed by atoms with van der Waals surface area (Å²) in [5.41, 5.74) is 4.61. The van der Waals surface area contributed by atoms with Crippen LogP contribution in [0, 0.1) is 23.7 Å². The van der Waals surface area contributed by atoms with Crippen LogP contribution in [0.25, 0.3) is 0 Å². The van der Waals surface area contributed by atoms with Crippen molar-refractivity contribution >= 4 is 35.0 Å². The second-order valence-electron chi connectivity index (χ2n) is 17.5. The fraction of sp³-hybridized carbons (Fsp3) is 0.296. The Morgan fingerprint density at radius 2 is 1.00 bits per heavy atom. The van der Waals surface area contributed by atoms with Gasteiger partial charge < -0.3 is 38.7 Å². The van der Waals surface area contributed by atoms with Crippen molar-refractivity contribution < 1.29 is 37.5 Å². The summed E-state index contributed by atoms with van der Waals surface area (Å²) < 4.78 is 23.8. The number of ether oxygens (including phenoxy) is 2. The molecule has 3 aliphatic heterocycles. The van der Waals surface area contributed by atoms with Gasteiger partial charge in [0.25, 0.3) is 23.6 Å². The third kappa shape index (κ3) is 10.9. The highest BCUT2D eigenvalue weighted by Gasteiger charge is 2.38. The summed E-state index contributed by atoms with van der Waals surface area (Å²) in [7, 11) is 3.30. The van der Waals surface area contributed by atoms with Crippen LogP contribution in [0.5, 0.6) is 11.5 Å². The number of piperazine rings is 1. The number of rotatable bonds is 10. The predicted octanol–water partition coefficient (Wildman–Crippen LogP) is 4.95. The predicted molar refractivity (Wildman–Crippen MR) is 261 cm³/mol. The maximum atomic E-state index is 13.7. The number of hydrogen-bond acceptors (Lipinski definition) is 12. The third-order valence-corrected chi connectivity index (χ3v) is 12.4. The van der Waals surface area contributed by atoms with E-state index in [4.69, 9.17) is 18.3 Å². The Balaban J connectivity index is 0.739. The highest BCUT2D eigenvalue weighted by Crippen LogP contribution is 2.35. The zero-order chi connectivity index (χ0) is 48.7. The minimum atomic E-state index is -0.986. The highest BCUT2D eigenvalue weighted by atomic mass is 16.5. The topological polar surface area (TPSA) is 176 Å². The molecule has 0 unspecified atom stereocenters. The molecule has 3 aliphatic rings. The van der Waals surface area contributed by atoms with Crippen LogP contribution in [0.3, 0.4) is 0 Å². The van der Waals surface area contributed by atoms with Gasteiger partial charge in [-0.2, -0.15) is 0 Å². The van der Waals surface area contributed by atoms with Crippen molar-refractivity contribution in [1.29, 1.82) is 0 Å². The second-order valence-corrected chi connectivity index (χ2v) is 17.5. The first-order chi connectivity index (χ1) is 33.9. The lowest BCUT2D eigenvalue weighted by Crippen LogP contribution is -2.53. The van der Waals surface area contributed by atoms with Gasteiger partial charge in [-0.1, -0.05) is 84.3 Å². The average Bonchev–Trinajstić information content (AvgIpc) is 4.02. The summed E-state index contributed by atoms with van der Waals surface area (Å²) in [6, 6.07) is 28.4. The summed E-state index contributed by atoms with van der Waals surface area (Å²) in [5, 5.41) is 5.54. The summed E-state index contributed by atoms with van der Waals surface area (Å²) in [6.45, 7) is 7.91. The van der Waals surface area contributed by atoms with E-state index in [2.05, 4.69) is 54.1 Å². The summed E-state index contributed by atoms with van der Waals surface area (Å²) in [5.74, 6) is 13.0. The number of benzene rings is 4. The SMILES string of the molecule is C[C@H]1Oc2ccc(C#CCN3CCN(CC#Cc4ccc5c(c4)N(C)C(=O)[C@@H](NC(=O)c4ncc(Cc6ccccc6)o4)[C@@H](C)O5)CC3)cc2N(C)C(=O)[C@H]1NC(=O)c1ncc(Cc2ccccc2)o1. The minimum absolute atomic E-state index is 0.125. The van der Waals surface area contributed by atoms with Crippen LogP contribution in [-0.2, 0) is 22.4 Å². The van der Waals surface area contributed by atoms with Crippen LogP contribution < -0.4 is 29.9 Å². The normalized spacial score (nSPS) is 19.1. The number of fused-ring (bicyclic) bond motifs is 2. The molecule has 4 atom stereocenters. The second kappa shape index (κ2) is 21.0. The Hall–Kier alpha value is -8.18. The first kappa shape index (κ1) is 46.9. The Kier molecular flexibility index (Phi) is 14.1. The van der Waals surface area contributed by atoms with E-state index in [1.165, 1.54) is 22.2 Å². The van der Waals surface area contributed by atoms with Crippen molar-refractivity contribution in [2.75, 3.05) is 63.2 Å². The quantitative estimate of drug-likeness (QED) is 0.177. The standard InChI is InChI=1S/C54H52N8O8/c1-35-47(57-49(63)51-55-33-41(69-51)29-37-13-7-5-8-14-37)53(65)59(3)43-31-39(19-21-45(43)67-35)17-11-23-61-25-27-62(28-26-61)24-12-18-40-20-22-46-44(32-40)60(4)54(66)48(36(2)68-46)58-50(64)52-56-34-42(70-52)30-38-15-9-6-10-16-38/h5-10,13-16,19-22,31-36,47-48H,23-30H2,1-4H3,(H,57,63)(H,58,64)/t35-,36-,47+,48+/m1/s1. The molecule has 2 aromatic heterocycles. The number of likely N-dealkylation sites (N-methyl/N-ethyl adjacent to an activating group) is 2. The van der Waals surface area contributed by atoms with Crippen LogP contribution in [0.2, 0.25) is 0 Å². The number of carbonyl (C=O) groups excluding carboxylic acids is 4. The molecule has 16 heteroatoms. The van der Waals surface area contributed by atoms with Gasteiger partial charge in [-0.25, -0.2) is 9.97 Å². The highest BCUT2D eigenvalue weighted by molar-refractivity contribution is 6.03. The van der Waals surface area contributed by atoms with Gasteiger partial charge in [0.2, 0.25) is 0 Å². The molecule has 1 fully saturated rings. The van der Waals surface area contributed by atoms with E-state index in [1.54, 1.807) is 40.1 Å². The molecule has 356 valence electrons. The molecule has 0 radical (unpaired) electrons. The van der Waals surface area contributed by atoms with E-state index < -0.39 is 36.1 Å². The molecule has 0 spiro atoms. The number of nitrogens with one attached hydrogen (secondary N) is 2. The number of hydrogen-bond donors (Lipinski definition) is 2. The number of aromatic nitrogens is 2. The van der Waals surface area contributed by atoms with E-state index in [0.29, 0.717) is 60.3 Å². The van der Waals surface area contributed by atoms with Crippen LogP contribution in [0.1, 0.15) is 69.0 Å². The molecule has 0 saturated carbocycles. The number of oxazole rings is 2. The fourth-order valence-electron chi connectivity index (χ4n) is 8.47. The van der Waals surface area contributed by atoms with Gasteiger partial charge in [0, 0.05) is 64.2 Å². The number of amides is 4. The molecule has 5 heterocycles. The Morgan fingerprint density at radius 1 is 0.600 bits per heavy atom. The molecule has 1 saturated heterocycles. The van der Waals surface area contributed by atoms with Gasteiger partial charge in [0.05, 0.1) is 36.9 Å². The Morgan fingerprint density at radius 3 is 1.40 bits per heavy atom. The van der Waals surface area contributed by atoms with Crippen molar-refractivity contribution in [2.24, 2.45) is 0 Å². The largest absolute Gasteiger partial charge is 0.486 e. The van der Waals surface area contributed by atoms with Crippen molar-refractivity contribution in [2.45, 2.75) is 51.0 Å². The average molecular weight is 941 g/mol. The van der Waals surface area contributed by atoms with Gasteiger partial charge >= 0.3 is 11.8 Å². The van der Waals surface area contributed by atoms with Gasteiger partial charge in [-0.05, 0) is 61.4 Å². The first-order valence-corrected chi connectivity index (χ1v) is 23.1. The van der Waals surface area contributed by atoms with E-state index >= 15 is 0 Å². The van der Waals surface area contributed by atoms with E-state index in [1.807, 2.05) is 84.9 Å². The maximum absolute atomic E-state index is 13.7. The smallest absolute Gasteiger partial charge is 0.307 e. The minimum Gasteiger partial charge on any atom is -0.486 e. The van der Waals surface area contributed by atoms with Crippen molar-refractivity contribution in [3.8, 4) is 35.2 Å². The first-order valence-electron chi connectivity index (χ1n) is 23.1. The van der Waals surface area contributed by atoms with Gasteiger partial charge in [-0.15, -0.1) is 0 Å². The summed E-state index contributed by atoms with van der Waals surface area (Å²) in [4.78, 5) is 69.7. The van der Waals surface area contributed by atoms with E-state index in [0.717, 1.165) is 48.4 Å². The van der Waals surface area contributed by atoms with Crippen molar-refractivity contribution in [3.63, 3.8) is 0 Å². The molecular formula is C54H52N8O8. The molecule has 0 bridgehead atoms. The lowest BCUT2D eigenvalue weighted by Gasteiger charge is -2.32. The third-order valence-electron chi connectivity index (χ3n) is 12.4.